The lowest BCUT2D eigenvalue weighted by Crippen LogP contribution is -2.08. The van der Waals surface area contributed by atoms with E-state index in [9.17, 15) is 0 Å². The summed E-state index contributed by atoms with van der Waals surface area (Å²) in [5.74, 6) is 0.909. The zero-order valence-electron chi connectivity index (χ0n) is 9.92. The Kier molecular flexibility index (Phi) is 8.25. The minimum Gasteiger partial charge on any atom is -0.493 e. The van der Waals surface area contributed by atoms with Crippen molar-refractivity contribution in [3.63, 3.8) is 0 Å². The molecule has 84 valence electrons. The lowest BCUT2D eigenvalue weighted by Gasteiger charge is -2.06. The third-order valence-corrected chi connectivity index (χ3v) is 1.77. The summed E-state index contributed by atoms with van der Waals surface area (Å²) in [6, 6.07) is 9.79. The molecule has 0 bridgehead atoms. The van der Waals surface area contributed by atoms with Crippen molar-refractivity contribution < 1.29 is 4.74 Å². The van der Waals surface area contributed by atoms with Gasteiger partial charge in [-0.3, -0.25) is 0 Å². The molecular weight excluding hydrogens is 186 g/mol. The number of hydrogen-bond donors (Lipinski definition) is 1. The monoisotopic (exact) mass is 207 g/mol. The summed E-state index contributed by atoms with van der Waals surface area (Å²) in [6.45, 7) is 8.48. The van der Waals surface area contributed by atoms with Crippen molar-refractivity contribution in [2.24, 2.45) is 0 Å². The molecule has 1 N–H and O–H groups in total. The van der Waals surface area contributed by atoms with Crippen molar-refractivity contribution in [3.05, 3.63) is 42.6 Å². The van der Waals surface area contributed by atoms with E-state index in [1.54, 1.807) is 0 Å². The van der Waals surface area contributed by atoms with Gasteiger partial charge >= 0.3 is 0 Å². The van der Waals surface area contributed by atoms with Crippen LogP contribution in [0.5, 0.6) is 5.75 Å². The second-order valence-electron chi connectivity index (χ2n) is 2.77. The highest BCUT2D eigenvalue weighted by Gasteiger charge is 1.92. The van der Waals surface area contributed by atoms with Crippen LogP contribution in [0.1, 0.15) is 20.3 Å². The van der Waals surface area contributed by atoms with Crippen LogP contribution in [0.25, 0.3) is 0 Å². The molecule has 0 heterocycles. The maximum atomic E-state index is 5.48. The van der Waals surface area contributed by atoms with Gasteiger partial charge in [0.25, 0.3) is 0 Å². The topological polar surface area (TPSA) is 21.3 Å². The average molecular weight is 207 g/mol. The van der Waals surface area contributed by atoms with E-state index in [0.29, 0.717) is 6.61 Å². The summed E-state index contributed by atoms with van der Waals surface area (Å²) >= 11 is 0. The van der Waals surface area contributed by atoms with Gasteiger partial charge in [-0.2, -0.15) is 0 Å². The van der Waals surface area contributed by atoms with Crippen LogP contribution >= 0.6 is 0 Å². The highest BCUT2D eigenvalue weighted by atomic mass is 16.5. The number of para-hydroxylation sites is 1. The summed E-state index contributed by atoms with van der Waals surface area (Å²) in [5.41, 5.74) is 0.996. The van der Waals surface area contributed by atoms with E-state index < -0.39 is 0 Å². The fraction of sp³-hybridized carbons (Fsp3) is 0.385. The molecule has 0 aliphatic carbocycles. The van der Waals surface area contributed by atoms with E-state index in [1.807, 2.05) is 51.2 Å². The largest absolute Gasteiger partial charge is 0.493 e. The van der Waals surface area contributed by atoms with Crippen LogP contribution in [-0.4, -0.2) is 13.7 Å². The van der Waals surface area contributed by atoms with Gasteiger partial charge in [0.05, 0.1) is 6.61 Å². The molecule has 2 heteroatoms. The first-order chi connectivity index (χ1) is 7.33. The predicted molar refractivity (Wildman–Crippen MR) is 66.1 cm³/mol. The van der Waals surface area contributed by atoms with Gasteiger partial charge in [-0.25, -0.2) is 0 Å². The van der Waals surface area contributed by atoms with Gasteiger partial charge in [-0.15, -0.1) is 0 Å². The number of benzene rings is 1. The Morgan fingerprint density at radius 1 is 1.27 bits per heavy atom. The molecule has 2 nitrogen and oxygen atoms in total. The first kappa shape index (κ1) is 13.6. The minimum absolute atomic E-state index is 0.670. The highest BCUT2D eigenvalue weighted by Crippen LogP contribution is 2.08. The summed E-state index contributed by atoms with van der Waals surface area (Å²) < 4.78 is 5.48. The fourth-order valence-electron chi connectivity index (χ4n) is 0.934. The molecule has 0 saturated carbocycles. The molecule has 1 rings (SSSR count). The van der Waals surface area contributed by atoms with E-state index >= 15 is 0 Å². The first-order valence-electron chi connectivity index (χ1n) is 5.36. The number of ether oxygens (including phenoxy) is 1. The lowest BCUT2D eigenvalue weighted by atomic mass is 10.3. The normalized spacial score (nSPS) is 8.47. The fourth-order valence-corrected chi connectivity index (χ4v) is 0.934. The molecule has 0 aromatic heterocycles. The van der Waals surface area contributed by atoms with Crippen molar-refractivity contribution in [3.8, 4) is 5.75 Å². The van der Waals surface area contributed by atoms with Crippen molar-refractivity contribution in [2.45, 2.75) is 20.3 Å². The van der Waals surface area contributed by atoms with E-state index in [2.05, 4.69) is 11.9 Å². The molecule has 0 amide bonds. The second-order valence-corrected chi connectivity index (χ2v) is 2.77. The first-order valence-corrected chi connectivity index (χ1v) is 5.36. The van der Waals surface area contributed by atoms with Gasteiger partial charge in [0.1, 0.15) is 5.75 Å². The maximum Gasteiger partial charge on any atom is 0.119 e. The van der Waals surface area contributed by atoms with E-state index in [-0.39, 0.29) is 0 Å². The predicted octanol–water partition coefficient (Wildman–Crippen LogP) is 3.21. The van der Waals surface area contributed by atoms with Crippen molar-refractivity contribution in [1.82, 2.24) is 5.32 Å². The Labute approximate surface area is 93.0 Å². The van der Waals surface area contributed by atoms with Gasteiger partial charge in [-0.05, 0) is 12.1 Å². The maximum absolute atomic E-state index is 5.48. The molecule has 0 aliphatic rings. The van der Waals surface area contributed by atoms with Crippen molar-refractivity contribution in [2.75, 3.05) is 13.7 Å². The van der Waals surface area contributed by atoms with Crippen LogP contribution in [0.2, 0.25) is 0 Å². The standard InChI is InChI=1S/C11H15NO.C2H6/c1-10(12-2)8-9-13-11-6-4-3-5-7-11;1-2/h3-7,12H,1,8-9H2,2H3;1-2H3. The van der Waals surface area contributed by atoms with E-state index in [4.69, 9.17) is 4.74 Å². The molecule has 0 unspecified atom stereocenters. The highest BCUT2D eigenvalue weighted by molar-refractivity contribution is 5.20. The van der Waals surface area contributed by atoms with Crippen LogP contribution in [0.3, 0.4) is 0 Å². The SMILES string of the molecule is C=C(CCOc1ccccc1)NC.CC. The van der Waals surface area contributed by atoms with Crippen LogP contribution in [0.4, 0.5) is 0 Å². The van der Waals surface area contributed by atoms with Gasteiger partial charge < -0.3 is 10.1 Å². The number of nitrogens with one attached hydrogen (secondary N) is 1. The molecular formula is C13H21NO. The second kappa shape index (κ2) is 9.13. The quantitative estimate of drug-likeness (QED) is 0.800. The van der Waals surface area contributed by atoms with Gasteiger partial charge in [0.15, 0.2) is 0 Å². The average Bonchev–Trinajstić information content (AvgIpc) is 2.33. The molecule has 1 aromatic rings. The summed E-state index contributed by atoms with van der Waals surface area (Å²) in [5, 5.41) is 2.98. The van der Waals surface area contributed by atoms with Gasteiger partial charge in [0, 0.05) is 19.2 Å². The van der Waals surface area contributed by atoms with E-state index in [0.717, 1.165) is 17.9 Å². The van der Waals surface area contributed by atoms with E-state index in [1.165, 1.54) is 0 Å². The Morgan fingerprint density at radius 3 is 2.40 bits per heavy atom. The summed E-state index contributed by atoms with van der Waals surface area (Å²) in [4.78, 5) is 0. The third-order valence-electron chi connectivity index (χ3n) is 1.77. The third kappa shape index (κ3) is 6.61. The zero-order chi connectivity index (χ0) is 11.5. The Bertz CT molecular complexity index is 256. The van der Waals surface area contributed by atoms with Gasteiger partial charge in [-0.1, -0.05) is 38.6 Å². The molecule has 0 fully saturated rings. The molecule has 0 saturated heterocycles. The molecule has 0 spiro atoms. The smallest absolute Gasteiger partial charge is 0.119 e. The molecule has 0 radical (unpaired) electrons. The Hall–Kier alpha value is -1.44. The minimum atomic E-state index is 0.670. The zero-order valence-corrected chi connectivity index (χ0v) is 9.92. The van der Waals surface area contributed by atoms with Crippen molar-refractivity contribution >= 4 is 0 Å². The Morgan fingerprint density at radius 2 is 1.87 bits per heavy atom. The summed E-state index contributed by atoms with van der Waals surface area (Å²) in [6.07, 6.45) is 0.839. The molecule has 0 aliphatic heterocycles. The number of rotatable bonds is 5. The van der Waals surface area contributed by atoms with Crippen LogP contribution in [0, 0.1) is 0 Å². The lowest BCUT2D eigenvalue weighted by molar-refractivity contribution is 0.319. The molecule has 1 aromatic carbocycles. The van der Waals surface area contributed by atoms with Gasteiger partial charge in [0.2, 0.25) is 0 Å². The van der Waals surface area contributed by atoms with Crippen LogP contribution < -0.4 is 10.1 Å². The van der Waals surface area contributed by atoms with Crippen LogP contribution in [0.15, 0.2) is 42.6 Å². The van der Waals surface area contributed by atoms with Crippen LogP contribution in [-0.2, 0) is 0 Å². The number of hydrogen-bond acceptors (Lipinski definition) is 2. The molecule has 15 heavy (non-hydrogen) atoms. The molecule has 0 atom stereocenters. The van der Waals surface area contributed by atoms with Crippen molar-refractivity contribution in [1.29, 1.82) is 0 Å². The Balaban J connectivity index is 0.000000921. The summed E-state index contributed by atoms with van der Waals surface area (Å²) in [7, 11) is 1.87.